The number of non-ortho nitro benzene ring substituents is 1. The van der Waals surface area contributed by atoms with E-state index in [0.29, 0.717) is 52.9 Å². The lowest BCUT2D eigenvalue weighted by Crippen LogP contribution is -2.70. The number of aliphatic hydroxyl groups excluding tert-OH is 2. The van der Waals surface area contributed by atoms with Crippen molar-refractivity contribution in [1.29, 1.82) is 0 Å². The second-order valence-electron chi connectivity index (χ2n) is 17.2. The highest BCUT2D eigenvalue weighted by molar-refractivity contribution is 6.03. The van der Waals surface area contributed by atoms with Gasteiger partial charge in [-0.05, 0) is 128 Å². The summed E-state index contributed by atoms with van der Waals surface area (Å²) in [6, 6.07) is 21.7. The molecule has 1 saturated carbocycles. The predicted molar refractivity (Wildman–Crippen MR) is 245 cm³/mol. The first kappa shape index (κ1) is 46.1. The van der Waals surface area contributed by atoms with Crippen molar-refractivity contribution in [3.63, 3.8) is 0 Å². The number of allylic oxidation sites excluding steroid dienone is 1. The molecule has 4 aromatic carbocycles. The van der Waals surface area contributed by atoms with Crippen LogP contribution in [-0.4, -0.2) is 77.4 Å². The van der Waals surface area contributed by atoms with E-state index in [4.69, 9.17) is 33.3 Å². The van der Waals surface area contributed by atoms with E-state index >= 15 is 4.79 Å². The third-order valence-corrected chi connectivity index (χ3v) is 13.2. The minimum absolute atomic E-state index is 0.00824. The Morgan fingerprint density at radius 1 is 0.909 bits per heavy atom. The fourth-order valence-electron chi connectivity index (χ4n) is 10.1. The Morgan fingerprint density at radius 2 is 1.62 bits per heavy atom. The van der Waals surface area contributed by atoms with Crippen molar-refractivity contribution in [3.8, 4) is 34.5 Å². The van der Waals surface area contributed by atoms with Gasteiger partial charge in [-0.25, -0.2) is 4.79 Å². The maximum Gasteiger partial charge on any atom is 0.416 e. The summed E-state index contributed by atoms with van der Waals surface area (Å²) in [6.07, 6.45) is 7.59. The number of rotatable bonds is 19. The summed E-state index contributed by atoms with van der Waals surface area (Å²) in [5.74, 6) is 0.593. The summed E-state index contributed by atoms with van der Waals surface area (Å²) in [5.41, 5.74) is 5.17. The van der Waals surface area contributed by atoms with Crippen molar-refractivity contribution in [2.24, 2.45) is 22.9 Å². The molecule has 8 rings (SSSR count). The average molecular weight is 904 g/mol. The van der Waals surface area contributed by atoms with Crippen molar-refractivity contribution < 1.29 is 53.2 Å². The molecule has 4 aromatic rings. The molecule has 1 amide bonds. The lowest BCUT2D eigenvalue weighted by Gasteiger charge is -2.59. The molecule has 348 valence electrons. The summed E-state index contributed by atoms with van der Waals surface area (Å²) in [7, 11) is 1.49. The van der Waals surface area contributed by atoms with Gasteiger partial charge >= 0.3 is 6.09 Å². The van der Waals surface area contributed by atoms with Gasteiger partial charge in [0.25, 0.3) is 5.69 Å². The highest BCUT2D eigenvalue weighted by Crippen LogP contribution is 2.62. The van der Waals surface area contributed by atoms with E-state index in [9.17, 15) is 20.3 Å². The first-order chi connectivity index (χ1) is 32.1. The fourth-order valence-corrected chi connectivity index (χ4v) is 10.1. The molecule has 2 aliphatic carbocycles. The molecule has 0 saturated heterocycles. The summed E-state index contributed by atoms with van der Waals surface area (Å²) in [4.78, 5) is 33.2. The number of fused-ring (bicyclic) bond motifs is 3. The zero-order chi connectivity index (χ0) is 46.4. The first-order valence-corrected chi connectivity index (χ1v) is 22.6. The standard InChI is InChI=1S/C51H57N3O12/c1-5-24-63-51-47(53(30-34-13-20-45-46(26-34)62-31-61-45)50(57)65-37-17-14-36(15-18-37)54(58)59)29-43(52-60-4)41-27-35(10-6-8-22-55)40(11-7-9-23-56)48(49(41)51)42-28-39(19-21-44(42)66-51)64-38-16-12-32(2)33(3)25-38/h5,12-21,25-28,35,40,47-49,55-56H,1,6-11,22-24,29-31H2,2-4H3/t35-,40+,47-,48+,49+,51+/m0/s1. The monoisotopic (exact) mass is 903 g/mol. The molecule has 6 atom stereocenters. The van der Waals surface area contributed by atoms with E-state index in [1.807, 2.05) is 55.5 Å². The van der Waals surface area contributed by atoms with Gasteiger partial charge in [0, 0.05) is 49.8 Å². The summed E-state index contributed by atoms with van der Waals surface area (Å²) in [6.45, 7) is 8.36. The van der Waals surface area contributed by atoms with E-state index in [1.165, 1.54) is 31.4 Å². The molecule has 0 spiro atoms. The number of nitrogens with zero attached hydrogens (tertiary/aromatic N) is 3. The Kier molecular flexibility index (Phi) is 14.3. The van der Waals surface area contributed by atoms with Crippen molar-refractivity contribution in [2.75, 3.05) is 33.7 Å². The number of carbonyl (C=O) groups excluding carboxylic acids is 1. The number of nitro groups is 1. The van der Waals surface area contributed by atoms with E-state index in [2.05, 4.69) is 24.7 Å². The van der Waals surface area contributed by atoms with E-state index in [0.717, 1.165) is 47.9 Å². The number of aliphatic hydroxyl groups is 2. The minimum atomic E-state index is -1.59. The first-order valence-electron chi connectivity index (χ1n) is 22.6. The van der Waals surface area contributed by atoms with E-state index < -0.39 is 28.8 Å². The molecule has 15 heteroatoms. The van der Waals surface area contributed by atoms with Crippen LogP contribution in [0.1, 0.15) is 73.1 Å². The molecule has 2 N–H and O–H groups in total. The number of nitro benzene ring substituents is 1. The van der Waals surface area contributed by atoms with Crippen LogP contribution in [0.2, 0.25) is 0 Å². The molecule has 2 heterocycles. The number of benzene rings is 4. The molecule has 0 aromatic heterocycles. The quantitative estimate of drug-likeness (QED) is 0.0394. The van der Waals surface area contributed by atoms with Crippen molar-refractivity contribution in [3.05, 3.63) is 136 Å². The van der Waals surface area contributed by atoms with Gasteiger partial charge in [-0.15, -0.1) is 6.58 Å². The van der Waals surface area contributed by atoms with Gasteiger partial charge in [0.1, 0.15) is 36.1 Å². The van der Waals surface area contributed by atoms with Gasteiger partial charge in [-0.3, -0.25) is 15.0 Å². The smallest absolute Gasteiger partial charge is 0.416 e. The molecular weight excluding hydrogens is 847 g/mol. The van der Waals surface area contributed by atoms with Crippen LogP contribution in [0.5, 0.6) is 34.5 Å². The molecule has 0 unspecified atom stereocenters. The van der Waals surface area contributed by atoms with Crippen LogP contribution >= 0.6 is 0 Å². The normalized spacial score (nSPS) is 22.9. The van der Waals surface area contributed by atoms with Crippen LogP contribution in [0, 0.1) is 41.7 Å². The number of hydrogen-bond acceptors (Lipinski definition) is 13. The molecule has 0 bridgehead atoms. The number of carbonyl (C=O) groups is 1. The topological polar surface area (TPSA) is 181 Å². The number of unbranched alkanes of at least 4 members (excludes halogenated alkanes) is 2. The van der Waals surface area contributed by atoms with Crippen LogP contribution in [-0.2, 0) is 16.1 Å². The third-order valence-electron chi connectivity index (χ3n) is 13.2. The SMILES string of the molecule is C=CCO[C@@]12Oc3ccc(Oc4ccc(C)c(C)c4)cc3[C@H]3[C@H](CCCCO)[C@@H](CCCCO)C=C(C(=NOC)C[C@@H]1N(Cc1ccc4c(c1)OCO4)C(=O)Oc1ccc([N+](=O)[O-])cc1)[C@H]32. The number of amides is 1. The number of ether oxygens (including phenoxy) is 6. The third kappa shape index (κ3) is 9.46. The molecule has 4 aliphatic rings. The van der Waals surface area contributed by atoms with Crippen LogP contribution in [0.25, 0.3) is 0 Å². The Labute approximate surface area is 384 Å². The molecule has 2 aliphatic heterocycles. The summed E-state index contributed by atoms with van der Waals surface area (Å²) >= 11 is 0. The second-order valence-corrected chi connectivity index (χ2v) is 17.2. The van der Waals surface area contributed by atoms with Gasteiger partial charge in [-0.2, -0.15) is 0 Å². The van der Waals surface area contributed by atoms with Gasteiger partial charge in [0.05, 0.1) is 23.2 Å². The van der Waals surface area contributed by atoms with Crippen LogP contribution in [0.15, 0.2) is 108 Å². The largest absolute Gasteiger partial charge is 0.459 e. The van der Waals surface area contributed by atoms with Gasteiger partial charge < -0.3 is 43.5 Å². The maximum atomic E-state index is 15.1. The van der Waals surface area contributed by atoms with Gasteiger partial charge in [0.15, 0.2) is 11.5 Å². The van der Waals surface area contributed by atoms with Crippen LogP contribution < -0.4 is 23.7 Å². The van der Waals surface area contributed by atoms with Crippen molar-refractivity contribution >= 4 is 17.5 Å². The van der Waals surface area contributed by atoms with E-state index in [1.54, 1.807) is 17.0 Å². The second kappa shape index (κ2) is 20.4. The number of aryl methyl sites for hydroxylation is 2. The fraction of sp³-hybridized carbons (Fsp3) is 0.412. The number of hydrogen-bond donors (Lipinski definition) is 2. The molecule has 15 nitrogen and oxygen atoms in total. The summed E-state index contributed by atoms with van der Waals surface area (Å²) < 4.78 is 38.5. The van der Waals surface area contributed by atoms with Crippen LogP contribution in [0.4, 0.5) is 10.5 Å². The highest BCUT2D eigenvalue weighted by Gasteiger charge is 2.66. The Hall–Kier alpha value is -6.42. The van der Waals surface area contributed by atoms with Gasteiger partial charge in [-0.1, -0.05) is 42.3 Å². The average Bonchev–Trinajstić information content (AvgIpc) is 3.79. The predicted octanol–water partition coefficient (Wildman–Crippen LogP) is 9.70. The van der Waals surface area contributed by atoms with Gasteiger partial charge in [0.2, 0.25) is 12.6 Å². The van der Waals surface area contributed by atoms with E-state index in [-0.39, 0.29) is 68.8 Å². The zero-order valence-corrected chi connectivity index (χ0v) is 37.6. The lowest BCUT2D eigenvalue weighted by atomic mass is 9.55. The molecule has 66 heavy (non-hydrogen) atoms. The zero-order valence-electron chi connectivity index (χ0n) is 37.6. The highest BCUT2D eigenvalue weighted by atomic mass is 16.7. The van der Waals surface area contributed by atoms with Crippen molar-refractivity contribution in [1.82, 2.24) is 4.90 Å². The summed E-state index contributed by atoms with van der Waals surface area (Å²) in [5, 5.41) is 36.1. The number of oxime groups is 1. The van der Waals surface area contributed by atoms with Crippen LogP contribution in [0.3, 0.4) is 0 Å². The van der Waals surface area contributed by atoms with Crippen molar-refractivity contribution in [2.45, 2.75) is 83.1 Å². The molecule has 0 radical (unpaired) electrons. The molecular formula is C51H57N3O12. The Morgan fingerprint density at radius 3 is 2.35 bits per heavy atom. The maximum absolute atomic E-state index is 15.1. The Bertz CT molecular complexity index is 2470. The molecule has 1 fully saturated rings. The minimum Gasteiger partial charge on any atom is -0.459 e. The lowest BCUT2D eigenvalue weighted by molar-refractivity contribution is -0.384. The Balaban J connectivity index is 1.32.